The largest absolute Gasteiger partial charge is 0.573 e. The standard InChI is InChI=1S/C23H22F9NO3/c24-21(25,26)16-3-6-18(22(27,28)29)15(11-16)12-33-8-7-13(10-20(34)35)9-19(33)14-1-4-17(5-2-14)36-23(30,31)32/h1,3-6,11,13-14,19H,2,7-10,12H2,(H,34,35)/t13-,14?,19+/m0/s1. The second-order valence-corrected chi connectivity index (χ2v) is 8.81. The van der Waals surface area contributed by atoms with E-state index in [0.29, 0.717) is 18.2 Å². The molecule has 1 aromatic rings. The maximum Gasteiger partial charge on any atom is 0.573 e. The first-order valence-corrected chi connectivity index (χ1v) is 10.9. The lowest BCUT2D eigenvalue weighted by Crippen LogP contribution is -2.46. The monoisotopic (exact) mass is 531 g/mol. The van der Waals surface area contributed by atoms with Crippen LogP contribution in [-0.2, 0) is 28.4 Å². The lowest BCUT2D eigenvalue weighted by molar-refractivity contribution is -0.303. The average molecular weight is 531 g/mol. The second-order valence-electron chi connectivity index (χ2n) is 8.81. The number of carboxylic acid groups (broad SMARTS) is 1. The van der Waals surface area contributed by atoms with Crippen LogP contribution in [0.1, 0.15) is 42.4 Å². The number of ether oxygens (including phenoxy) is 1. The van der Waals surface area contributed by atoms with Crippen LogP contribution in [0.4, 0.5) is 39.5 Å². The minimum absolute atomic E-state index is 0.0254. The molecule has 0 radical (unpaired) electrons. The SMILES string of the molecule is O=C(O)C[C@H]1CCN(Cc2cc(C(F)(F)F)ccc2C(F)(F)F)[C@@H](C2C=CC(OC(F)(F)F)=CC2)C1. The molecule has 3 rings (SSSR count). The number of carbonyl (C=O) groups is 1. The van der Waals surface area contributed by atoms with E-state index in [2.05, 4.69) is 4.74 Å². The topological polar surface area (TPSA) is 49.8 Å². The fraction of sp³-hybridized carbons (Fsp3) is 0.522. The maximum atomic E-state index is 13.6. The highest BCUT2D eigenvalue weighted by molar-refractivity contribution is 5.67. The molecule has 13 heteroatoms. The van der Waals surface area contributed by atoms with Crippen molar-refractivity contribution in [2.24, 2.45) is 11.8 Å². The molecule has 0 amide bonds. The highest BCUT2D eigenvalue weighted by Crippen LogP contribution is 2.40. The molecule has 1 N–H and O–H groups in total. The first-order valence-electron chi connectivity index (χ1n) is 10.9. The zero-order chi connectivity index (χ0) is 26.9. The second kappa shape index (κ2) is 10.3. The molecule has 0 spiro atoms. The lowest BCUT2D eigenvalue weighted by Gasteiger charge is -2.43. The van der Waals surface area contributed by atoms with Crippen LogP contribution in [0.2, 0.25) is 0 Å². The molecular formula is C23H22F9NO3. The van der Waals surface area contributed by atoms with Crippen LogP contribution >= 0.6 is 0 Å². The Labute approximate surface area is 200 Å². The molecule has 0 aromatic heterocycles. The molecule has 0 bridgehead atoms. The van der Waals surface area contributed by atoms with Crippen LogP contribution < -0.4 is 0 Å². The number of carboxylic acids is 1. The number of hydrogen-bond donors (Lipinski definition) is 1. The summed E-state index contributed by atoms with van der Waals surface area (Å²) >= 11 is 0. The van der Waals surface area contributed by atoms with Crippen LogP contribution in [0.25, 0.3) is 0 Å². The van der Waals surface area contributed by atoms with Gasteiger partial charge in [0.25, 0.3) is 0 Å². The summed E-state index contributed by atoms with van der Waals surface area (Å²) in [6.45, 7) is -0.390. The Morgan fingerprint density at radius 2 is 1.75 bits per heavy atom. The van der Waals surface area contributed by atoms with E-state index in [4.69, 9.17) is 5.11 Å². The minimum Gasteiger partial charge on any atom is -0.481 e. The van der Waals surface area contributed by atoms with Crippen molar-refractivity contribution < 1.29 is 54.2 Å². The average Bonchev–Trinajstić information content (AvgIpc) is 2.72. The molecule has 3 atom stereocenters. The molecule has 1 unspecified atom stereocenters. The number of piperidine rings is 1. The van der Waals surface area contributed by atoms with Crippen LogP contribution in [0.5, 0.6) is 0 Å². The van der Waals surface area contributed by atoms with Crippen LogP contribution in [-0.4, -0.2) is 34.9 Å². The summed E-state index contributed by atoms with van der Waals surface area (Å²) in [5.74, 6) is -2.40. The number of alkyl halides is 9. The third-order valence-electron chi connectivity index (χ3n) is 6.27. The number of benzene rings is 1. The molecule has 1 heterocycles. The van der Waals surface area contributed by atoms with Crippen LogP contribution in [0.3, 0.4) is 0 Å². The lowest BCUT2D eigenvalue weighted by atomic mass is 9.79. The maximum absolute atomic E-state index is 13.6. The summed E-state index contributed by atoms with van der Waals surface area (Å²) in [5.41, 5.74) is -3.05. The third kappa shape index (κ3) is 7.40. The van der Waals surface area contributed by atoms with Gasteiger partial charge in [-0.25, -0.2) is 0 Å². The Hall–Kier alpha value is -2.70. The smallest absolute Gasteiger partial charge is 0.481 e. The molecular weight excluding hydrogens is 509 g/mol. The molecule has 2 aliphatic rings. The quantitative estimate of drug-likeness (QED) is 0.412. The van der Waals surface area contributed by atoms with Gasteiger partial charge >= 0.3 is 24.7 Å². The summed E-state index contributed by atoms with van der Waals surface area (Å²) in [4.78, 5) is 12.7. The molecule has 1 aliphatic heterocycles. The van der Waals surface area contributed by atoms with Gasteiger partial charge in [-0.2, -0.15) is 26.3 Å². The molecule has 1 aromatic carbocycles. The zero-order valence-corrected chi connectivity index (χ0v) is 18.6. The van der Waals surface area contributed by atoms with E-state index in [9.17, 15) is 44.3 Å². The van der Waals surface area contributed by atoms with Gasteiger partial charge in [0.05, 0.1) is 11.1 Å². The van der Waals surface area contributed by atoms with Crippen LogP contribution in [0, 0.1) is 11.8 Å². The van der Waals surface area contributed by atoms with Gasteiger partial charge in [-0.1, -0.05) is 6.08 Å². The Balaban J connectivity index is 1.90. The Morgan fingerprint density at radius 1 is 1.06 bits per heavy atom. The minimum atomic E-state index is -4.91. The number of hydrogen-bond acceptors (Lipinski definition) is 3. The summed E-state index contributed by atoms with van der Waals surface area (Å²) in [6.07, 6.45) is -10.7. The van der Waals surface area contributed by atoms with Gasteiger partial charge < -0.3 is 9.84 Å². The molecule has 4 nitrogen and oxygen atoms in total. The van der Waals surface area contributed by atoms with E-state index in [1.54, 1.807) is 4.90 Å². The predicted octanol–water partition coefficient (Wildman–Crippen LogP) is 6.78. The summed E-state index contributed by atoms with van der Waals surface area (Å²) in [6, 6.07) is 0.585. The van der Waals surface area contributed by atoms with Gasteiger partial charge in [-0.15, -0.1) is 13.2 Å². The van der Waals surface area contributed by atoms with Crippen molar-refractivity contribution >= 4 is 5.97 Å². The van der Waals surface area contributed by atoms with Crippen molar-refractivity contribution in [1.82, 2.24) is 4.90 Å². The van der Waals surface area contributed by atoms with Crippen molar-refractivity contribution in [1.29, 1.82) is 0 Å². The number of aliphatic carboxylic acids is 1. The summed E-state index contributed by atoms with van der Waals surface area (Å²) in [5, 5.41) is 9.15. The van der Waals surface area contributed by atoms with Crippen LogP contribution in [0.15, 0.2) is 42.2 Å². The van der Waals surface area contributed by atoms with E-state index in [1.807, 2.05) is 0 Å². The van der Waals surface area contributed by atoms with Crippen molar-refractivity contribution in [2.45, 2.75) is 57.0 Å². The fourth-order valence-electron chi connectivity index (χ4n) is 4.71. The summed E-state index contributed by atoms with van der Waals surface area (Å²) in [7, 11) is 0. The van der Waals surface area contributed by atoms with Crippen molar-refractivity contribution in [2.75, 3.05) is 6.54 Å². The van der Waals surface area contributed by atoms with Gasteiger partial charge in [0, 0.05) is 19.0 Å². The number of halogens is 9. The van der Waals surface area contributed by atoms with E-state index in [0.717, 1.165) is 6.08 Å². The highest BCUT2D eigenvalue weighted by Gasteiger charge is 2.40. The van der Waals surface area contributed by atoms with E-state index in [1.165, 1.54) is 12.2 Å². The Kier molecular flexibility index (Phi) is 8.01. The van der Waals surface area contributed by atoms with Gasteiger partial charge in [-0.05, 0) is 73.6 Å². The molecule has 36 heavy (non-hydrogen) atoms. The number of nitrogens with zero attached hydrogens (tertiary/aromatic N) is 1. The number of allylic oxidation sites excluding steroid dienone is 2. The van der Waals surface area contributed by atoms with Gasteiger partial charge in [0.1, 0.15) is 5.76 Å². The van der Waals surface area contributed by atoms with Crippen molar-refractivity contribution in [3.05, 3.63) is 58.9 Å². The number of rotatable bonds is 6. The predicted molar refractivity (Wildman–Crippen MR) is 108 cm³/mol. The normalized spacial score (nSPS) is 23.9. The highest BCUT2D eigenvalue weighted by atomic mass is 19.4. The van der Waals surface area contributed by atoms with Crippen molar-refractivity contribution in [3.63, 3.8) is 0 Å². The Bertz CT molecular complexity index is 1010. The Morgan fingerprint density at radius 3 is 2.28 bits per heavy atom. The zero-order valence-electron chi connectivity index (χ0n) is 18.6. The van der Waals surface area contributed by atoms with Gasteiger partial charge in [-0.3, -0.25) is 9.69 Å². The third-order valence-corrected chi connectivity index (χ3v) is 6.27. The van der Waals surface area contributed by atoms with Gasteiger partial charge in [0.2, 0.25) is 0 Å². The van der Waals surface area contributed by atoms with E-state index >= 15 is 0 Å². The first-order chi connectivity index (χ1) is 16.5. The molecule has 200 valence electrons. The fourth-order valence-corrected chi connectivity index (χ4v) is 4.71. The molecule has 1 saturated heterocycles. The first kappa shape index (κ1) is 27.9. The molecule has 0 saturated carbocycles. The van der Waals surface area contributed by atoms with E-state index < -0.39 is 65.6 Å². The van der Waals surface area contributed by atoms with Crippen molar-refractivity contribution in [3.8, 4) is 0 Å². The molecule has 1 fully saturated rings. The van der Waals surface area contributed by atoms with Gasteiger partial charge in [0.15, 0.2) is 0 Å². The molecule has 1 aliphatic carbocycles. The number of likely N-dealkylation sites (tertiary alicyclic amines) is 1. The van der Waals surface area contributed by atoms with E-state index in [-0.39, 0.29) is 38.1 Å². The summed E-state index contributed by atoms with van der Waals surface area (Å²) < 4.78 is 122.